The van der Waals surface area contributed by atoms with E-state index in [0.717, 1.165) is 28.0 Å². The average Bonchev–Trinajstić information content (AvgIpc) is 2.94. The van der Waals surface area contributed by atoms with Gasteiger partial charge in [0.25, 0.3) is 0 Å². The van der Waals surface area contributed by atoms with E-state index >= 15 is 0 Å². The molecule has 1 saturated heterocycles. The van der Waals surface area contributed by atoms with Crippen molar-refractivity contribution in [3.63, 3.8) is 0 Å². The fourth-order valence-corrected chi connectivity index (χ4v) is 6.18. The molecular formula is C28H33NO6S2. The number of ether oxygens (including phenoxy) is 2. The lowest BCUT2D eigenvalue weighted by Gasteiger charge is -2.41. The molecule has 0 amide bonds. The summed E-state index contributed by atoms with van der Waals surface area (Å²) in [6.45, 7) is 2.38. The summed E-state index contributed by atoms with van der Waals surface area (Å²) in [6.07, 6.45) is -0.882. The van der Waals surface area contributed by atoms with Gasteiger partial charge in [0.05, 0.1) is 30.3 Å². The van der Waals surface area contributed by atoms with E-state index in [4.69, 9.17) is 9.47 Å². The average molecular weight is 544 g/mol. The second-order valence-corrected chi connectivity index (χ2v) is 11.9. The van der Waals surface area contributed by atoms with Crippen molar-refractivity contribution < 1.29 is 28.1 Å². The molecule has 1 fully saturated rings. The number of sulfonamides is 1. The van der Waals surface area contributed by atoms with Crippen LogP contribution in [0.25, 0.3) is 0 Å². The Balaban J connectivity index is 1.48. The van der Waals surface area contributed by atoms with E-state index < -0.39 is 16.3 Å². The Kier molecular flexibility index (Phi) is 9.77. The lowest BCUT2D eigenvalue weighted by atomic mass is 9.91. The van der Waals surface area contributed by atoms with Gasteiger partial charge >= 0.3 is 0 Å². The molecule has 1 aliphatic rings. The molecular weight excluding hydrogens is 510 g/mol. The van der Waals surface area contributed by atoms with Gasteiger partial charge in [-0.25, -0.2) is 13.1 Å². The lowest BCUT2D eigenvalue weighted by molar-refractivity contribution is -0.268. The minimum Gasteiger partial charge on any atom is -0.396 e. The van der Waals surface area contributed by atoms with E-state index in [1.165, 1.54) is 0 Å². The Labute approximate surface area is 222 Å². The second-order valence-electron chi connectivity index (χ2n) is 9.00. The summed E-state index contributed by atoms with van der Waals surface area (Å²) in [7, 11) is -3.59. The molecule has 1 aliphatic heterocycles. The molecule has 3 N–H and O–H groups in total. The van der Waals surface area contributed by atoms with Gasteiger partial charge in [-0.1, -0.05) is 73.7 Å². The molecule has 0 saturated carbocycles. The van der Waals surface area contributed by atoms with Crippen LogP contribution in [-0.4, -0.2) is 42.8 Å². The molecule has 0 aromatic heterocycles. The van der Waals surface area contributed by atoms with Crippen molar-refractivity contribution in [1.29, 1.82) is 0 Å². The van der Waals surface area contributed by atoms with Gasteiger partial charge in [0, 0.05) is 29.5 Å². The first-order valence-corrected chi connectivity index (χ1v) is 14.9. The molecule has 4 rings (SSSR count). The van der Waals surface area contributed by atoms with E-state index in [2.05, 4.69) is 11.6 Å². The fourth-order valence-electron chi connectivity index (χ4n) is 4.23. The monoisotopic (exact) mass is 543 g/mol. The number of nitrogens with one attached hydrogen (secondary N) is 1. The van der Waals surface area contributed by atoms with Crippen LogP contribution in [0.3, 0.4) is 0 Å². The molecule has 0 radical (unpaired) electrons. The topological polar surface area (TPSA) is 105 Å². The summed E-state index contributed by atoms with van der Waals surface area (Å²) in [5.74, 6) is 1.45. The number of benzene rings is 3. The summed E-state index contributed by atoms with van der Waals surface area (Å²) in [4.78, 5) is 0.230. The van der Waals surface area contributed by atoms with E-state index in [9.17, 15) is 18.6 Å². The molecule has 4 atom stereocenters. The zero-order valence-corrected chi connectivity index (χ0v) is 22.3. The Bertz CT molecular complexity index is 1220. The molecule has 37 heavy (non-hydrogen) atoms. The highest BCUT2D eigenvalue weighted by atomic mass is 32.2. The maximum atomic E-state index is 12.5. The third-order valence-electron chi connectivity index (χ3n) is 6.41. The van der Waals surface area contributed by atoms with Crippen LogP contribution < -0.4 is 4.72 Å². The number of rotatable bonds is 11. The van der Waals surface area contributed by atoms with Crippen LogP contribution in [0.5, 0.6) is 0 Å². The molecule has 7 nitrogen and oxygen atoms in total. The van der Waals surface area contributed by atoms with Gasteiger partial charge in [-0.2, -0.15) is 11.8 Å². The number of thioether (sulfide) groups is 1. The van der Waals surface area contributed by atoms with Crippen LogP contribution in [0.15, 0.2) is 83.8 Å². The van der Waals surface area contributed by atoms with Gasteiger partial charge < -0.3 is 19.7 Å². The van der Waals surface area contributed by atoms with E-state index in [0.29, 0.717) is 5.75 Å². The predicted molar refractivity (Wildman–Crippen MR) is 144 cm³/mol. The van der Waals surface area contributed by atoms with E-state index in [1.807, 2.05) is 48.5 Å². The Morgan fingerprint density at radius 2 is 1.51 bits per heavy atom. The highest BCUT2D eigenvalue weighted by Crippen LogP contribution is 2.42. The van der Waals surface area contributed by atoms with Crippen LogP contribution in [-0.2, 0) is 32.6 Å². The molecule has 0 spiro atoms. The maximum absolute atomic E-state index is 12.5. The van der Waals surface area contributed by atoms with Crippen molar-refractivity contribution in [1.82, 2.24) is 4.72 Å². The van der Waals surface area contributed by atoms with Crippen molar-refractivity contribution in [2.75, 3.05) is 18.1 Å². The standard InChI is InChI=1S/C28H33NO6S2/c1-20-26(19-36-16-15-30)34-28(35-27(20)23-11-9-22(18-31)10-12-23)24-13-7-21(8-14-24)17-29-37(32,33)25-5-3-2-4-6-25/h2-14,20,26-31H,15-19H2,1H3/t20-,26+,27+,28?/m0/s1. The van der Waals surface area contributed by atoms with Gasteiger partial charge in [0.2, 0.25) is 10.0 Å². The summed E-state index contributed by atoms with van der Waals surface area (Å²) in [5.41, 5.74) is 3.52. The highest BCUT2D eigenvalue weighted by molar-refractivity contribution is 7.99. The first kappa shape index (κ1) is 27.8. The van der Waals surface area contributed by atoms with Gasteiger partial charge in [-0.05, 0) is 28.8 Å². The van der Waals surface area contributed by atoms with Crippen molar-refractivity contribution in [3.05, 3.63) is 101 Å². The molecule has 9 heteroatoms. The van der Waals surface area contributed by atoms with Gasteiger partial charge in [-0.15, -0.1) is 0 Å². The molecule has 1 heterocycles. The minimum atomic E-state index is -3.59. The van der Waals surface area contributed by atoms with Crippen LogP contribution in [0, 0.1) is 5.92 Å². The van der Waals surface area contributed by atoms with Crippen LogP contribution >= 0.6 is 11.8 Å². The van der Waals surface area contributed by atoms with E-state index in [-0.39, 0.29) is 42.8 Å². The van der Waals surface area contributed by atoms with Crippen molar-refractivity contribution in [3.8, 4) is 0 Å². The van der Waals surface area contributed by atoms with Crippen molar-refractivity contribution >= 4 is 21.8 Å². The lowest BCUT2D eigenvalue weighted by Crippen LogP contribution is -2.38. The number of aliphatic hydroxyl groups is 2. The zero-order chi connectivity index (χ0) is 26.3. The summed E-state index contributed by atoms with van der Waals surface area (Å²) >= 11 is 1.64. The summed E-state index contributed by atoms with van der Waals surface area (Å²) < 4.78 is 40.5. The first-order chi connectivity index (χ1) is 17.9. The Hall–Kier alpha value is -2.24. The number of aliphatic hydroxyl groups excluding tert-OH is 2. The molecule has 0 bridgehead atoms. The van der Waals surface area contributed by atoms with Crippen molar-refractivity contribution in [2.24, 2.45) is 5.92 Å². The largest absolute Gasteiger partial charge is 0.396 e. The SMILES string of the molecule is C[C@H]1[C@@H](CSCCO)OC(c2ccc(CNS(=O)(=O)c3ccccc3)cc2)O[C@H]1c1ccc(CO)cc1. The smallest absolute Gasteiger partial charge is 0.240 e. The van der Waals surface area contributed by atoms with E-state index in [1.54, 1.807) is 42.1 Å². The van der Waals surface area contributed by atoms with Gasteiger partial charge in [0.1, 0.15) is 0 Å². The summed E-state index contributed by atoms with van der Waals surface area (Å²) in [5, 5.41) is 18.6. The van der Waals surface area contributed by atoms with Crippen LogP contribution in [0.4, 0.5) is 0 Å². The summed E-state index contributed by atoms with van der Waals surface area (Å²) in [6, 6.07) is 23.6. The normalized spacial score (nSPS) is 22.1. The van der Waals surface area contributed by atoms with Crippen LogP contribution in [0.2, 0.25) is 0 Å². The quantitative estimate of drug-likeness (QED) is 0.312. The fraction of sp³-hybridized carbons (Fsp3) is 0.357. The van der Waals surface area contributed by atoms with Gasteiger partial charge in [0.15, 0.2) is 6.29 Å². The third-order valence-corrected chi connectivity index (χ3v) is 8.87. The maximum Gasteiger partial charge on any atom is 0.240 e. The van der Waals surface area contributed by atoms with Crippen molar-refractivity contribution in [2.45, 2.75) is 43.5 Å². The Morgan fingerprint density at radius 3 is 2.16 bits per heavy atom. The molecule has 3 aromatic rings. The number of hydrogen-bond donors (Lipinski definition) is 3. The minimum absolute atomic E-state index is 0.0125. The number of hydrogen-bond acceptors (Lipinski definition) is 7. The molecule has 198 valence electrons. The van der Waals surface area contributed by atoms with Crippen LogP contribution in [0.1, 0.15) is 41.6 Å². The highest BCUT2D eigenvalue weighted by Gasteiger charge is 2.38. The molecule has 3 aromatic carbocycles. The Morgan fingerprint density at radius 1 is 0.865 bits per heavy atom. The predicted octanol–water partition coefficient (Wildman–Crippen LogP) is 4.17. The first-order valence-electron chi connectivity index (χ1n) is 12.2. The molecule has 0 aliphatic carbocycles. The second kappa shape index (κ2) is 13.0. The third kappa shape index (κ3) is 7.20. The molecule has 1 unspecified atom stereocenters. The zero-order valence-electron chi connectivity index (χ0n) is 20.7. The van der Waals surface area contributed by atoms with Gasteiger partial charge in [-0.3, -0.25) is 0 Å².